The molecule has 190 valence electrons. The summed E-state index contributed by atoms with van der Waals surface area (Å²) in [5, 5.41) is 14.9. The first kappa shape index (κ1) is 26.8. The molecule has 0 aliphatic carbocycles. The number of benzene rings is 2. The molecule has 2 N–H and O–H groups in total. The number of nitrogens with zero attached hydrogens (tertiary/aromatic N) is 3. The van der Waals surface area contributed by atoms with Gasteiger partial charge >= 0.3 is 0 Å². The molecular weight excluding hydrogens is 478 g/mol. The number of hydrogen-bond donors (Lipinski definition) is 2. The summed E-state index contributed by atoms with van der Waals surface area (Å²) in [6.07, 6.45) is 1.96. The molecule has 3 rings (SSSR count). The molecule has 1 heterocycles. The van der Waals surface area contributed by atoms with Gasteiger partial charge in [-0.3, -0.25) is 9.59 Å². The normalized spacial score (nSPS) is 11.4. The zero-order valence-electron chi connectivity index (χ0n) is 20.7. The molecule has 9 nitrogen and oxygen atoms in total. The monoisotopic (exact) mass is 509 g/mol. The van der Waals surface area contributed by atoms with Gasteiger partial charge in [-0.1, -0.05) is 30.0 Å². The molecule has 0 aliphatic rings. The van der Waals surface area contributed by atoms with Crippen molar-refractivity contribution >= 4 is 29.3 Å². The molecular formula is C26H31N5O4S. The first-order chi connectivity index (χ1) is 17.4. The highest BCUT2D eigenvalue weighted by Crippen LogP contribution is 2.22. The summed E-state index contributed by atoms with van der Waals surface area (Å²) < 4.78 is 12.4. The summed E-state index contributed by atoms with van der Waals surface area (Å²) in [4.78, 5) is 25.0. The van der Waals surface area contributed by atoms with Gasteiger partial charge in [0.05, 0.1) is 31.9 Å². The fraction of sp³-hybridized carbons (Fsp3) is 0.308. The molecule has 1 atom stereocenters. The Morgan fingerprint density at radius 3 is 2.42 bits per heavy atom. The first-order valence-corrected chi connectivity index (χ1v) is 12.5. The summed E-state index contributed by atoms with van der Waals surface area (Å²) >= 11 is 1.27. The minimum Gasteiger partial charge on any atom is -0.497 e. The zero-order chi connectivity index (χ0) is 25.9. The molecule has 0 aliphatic heterocycles. The Balaban J connectivity index is 1.58. The summed E-state index contributed by atoms with van der Waals surface area (Å²) in [6, 6.07) is 14.2. The van der Waals surface area contributed by atoms with Crippen LogP contribution in [0.3, 0.4) is 0 Å². The van der Waals surface area contributed by atoms with Crippen molar-refractivity contribution in [2.75, 3.05) is 24.8 Å². The van der Waals surface area contributed by atoms with Crippen LogP contribution in [0.5, 0.6) is 11.5 Å². The Morgan fingerprint density at radius 1 is 1.08 bits per heavy atom. The summed E-state index contributed by atoms with van der Waals surface area (Å²) in [5.74, 6) is 1.93. The van der Waals surface area contributed by atoms with Crippen molar-refractivity contribution in [2.24, 2.45) is 0 Å². The Kier molecular flexibility index (Phi) is 9.93. The predicted octanol–water partition coefficient (Wildman–Crippen LogP) is 4.02. The highest BCUT2D eigenvalue weighted by atomic mass is 32.2. The highest BCUT2D eigenvalue weighted by Gasteiger charge is 2.20. The third kappa shape index (κ3) is 7.61. The molecule has 10 heteroatoms. The lowest BCUT2D eigenvalue weighted by atomic mass is 10.1. The minimum absolute atomic E-state index is 0.134. The van der Waals surface area contributed by atoms with E-state index in [9.17, 15) is 9.59 Å². The van der Waals surface area contributed by atoms with Crippen LogP contribution in [0.15, 0.2) is 66.3 Å². The van der Waals surface area contributed by atoms with E-state index in [1.165, 1.54) is 11.8 Å². The van der Waals surface area contributed by atoms with Gasteiger partial charge in [0.1, 0.15) is 11.5 Å². The zero-order valence-corrected chi connectivity index (χ0v) is 21.5. The second kappa shape index (κ2) is 13.3. The largest absolute Gasteiger partial charge is 0.497 e. The van der Waals surface area contributed by atoms with Crippen molar-refractivity contribution in [1.82, 2.24) is 20.1 Å². The van der Waals surface area contributed by atoms with E-state index in [0.29, 0.717) is 29.8 Å². The number of ether oxygens (including phenoxy) is 2. The van der Waals surface area contributed by atoms with Crippen LogP contribution in [0, 0.1) is 0 Å². The van der Waals surface area contributed by atoms with Crippen LogP contribution < -0.4 is 20.1 Å². The number of methoxy groups -OCH3 is 1. The molecule has 36 heavy (non-hydrogen) atoms. The molecule has 0 radical (unpaired) electrons. The maximum absolute atomic E-state index is 12.6. The van der Waals surface area contributed by atoms with E-state index >= 15 is 0 Å². The quantitative estimate of drug-likeness (QED) is 0.265. The highest BCUT2D eigenvalue weighted by molar-refractivity contribution is 7.99. The smallest absolute Gasteiger partial charge is 0.234 e. The standard InChI is InChI=1S/C26H31N5O4S/c1-5-15-31-25(18(3)27-23(32)16-19-7-11-21(34-4)12-8-19)29-30-26(31)36-17-24(33)28-20-9-13-22(14-10-20)35-6-2/h5,7-14,18H,1,6,15-17H2,2-4H3,(H,27,32)(H,28,33)/t18-/m0/s1. The van der Waals surface area contributed by atoms with Crippen molar-refractivity contribution < 1.29 is 19.1 Å². The van der Waals surface area contributed by atoms with Gasteiger partial charge in [-0.15, -0.1) is 16.8 Å². The van der Waals surface area contributed by atoms with Gasteiger partial charge in [0.2, 0.25) is 11.8 Å². The van der Waals surface area contributed by atoms with Crippen LogP contribution >= 0.6 is 11.8 Å². The van der Waals surface area contributed by atoms with Crippen LogP contribution in [0.4, 0.5) is 5.69 Å². The Hall–Kier alpha value is -3.79. The number of hydrogen-bond acceptors (Lipinski definition) is 7. The van der Waals surface area contributed by atoms with E-state index in [0.717, 1.165) is 17.1 Å². The van der Waals surface area contributed by atoms with Crippen LogP contribution in [0.1, 0.15) is 31.3 Å². The average Bonchev–Trinajstić information content (AvgIpc) is 3.27. The van der Waals surface area contributed by atoms with Gasteiger partial charge in [-0.25, -0.2) is 0 Å². The van der Waals surface area contributed by atoms with E-state index in [1.807, 2.05) is 54.8 Å². The number of carbonyl (C=O) groups is 2. The molecule has 0 fully saturated rings. The van der Waals surface area contributed by atoms with E-state index in [4.69, 9.17) is 9.47 Å². The number of thioether (sulfide) groups is 1. The lowest BCUT2D eigenvalue weighted by Gasteiger charge is -2.15. The number of rotatable bonds is 13. The Morgan fingerprint density at radius 2 is 1.78 bits per heavy atom. The van der Waals surface area contributed by atoms with E-state index < -0.39 is 0 Å². The van der Waals surface area contributed by atoms with Gasteiger partial charge in [0, 0.05) is 12.2 Å². The predicted molar refractivity (Wildman–Crippen MR) is 140 cm³/mol. The number of carbonyl (C=O) groups excluding carboxylic acids is 2. The molecule has 0 saturated heterocycles. The number of anilines is 1. The molecule has 0 spiro atoms. The van der Waals surface area contributed by atoms with Gasteiger partial charge < -0.3 is 24.7 Å². The fourth-order valence-corrected chi connectivity index (χ4v) is 4.20. The number of aromatic nitrogens is 3. The van der Waals surface area contributed by atoms with E-state index in [1.54, 1.807) is 25.3 Å². The summed E-state index contributed by atoms with van der Waals surface area (Å²) in [7, 11) is 1.60. The van der Waals surface area contributed by atoms with Crippen molar-refractivity contribution in [2.45, 2.75) is 38.0 Å². The van der Waals surface area contributed by atoms with Gasteiger partial charge in [0.15, 0.2) is 11.0 Å². The lowest BCUT2D eigenvalue weighted by molar-refractivity contribution is -0.121. The maximum atomic E-state index is 12.6. The van der Waals surface area contributed by atoms with Gasteiger partial charge in [-0.05, 0) is 55.8 Å². The van der Waals surface area contributed by atoms with Crippen LogP contribution in [-0.2, 0) is 22.6 Å². The van der Waals surface area contributed by atoms with Crippen molar-refractivity contribution in [3.8, 4) is 11.5 Å². The van der Waals surface area contributed by atoms with Crippen molar-refractivity contribution in [3.63, 3.8) is 0 Å². The maximum Gasteiger partial charge on any atom is 0.234 e. The van der Waals surface area contributed by atoms with E-state index in [2.05, 4.69) is 27.4 Å². The molecule has 0 bridgehead atoms. The Labute approximate surface area is 215 Å². The van der Waals surface area contributed by atoms with E-state index in [-0.39, 0.29) is 30.0 Å². The second-order valence-electron chi connectivity index (χ2n) is 7.85. The molecule has 2 aromatic carbocycles. The summed E-state index contributed by atoms with van der Waals surface area (Å²) in [5.41, 5.74) is 1.56. The van der Waals surface area contributed by atoms with Gasteiger partial charge in [0.25, 0.3) is 0 Å². The molecule has 1 aromatic heterocycles. The molecule has 2 amide bonds. The minimum atomic E-state index is -0.379. The SMILES string of the molecule is C=CCn1c(SCC(=O)Nc2ccc(OCC)cc2)nnc1[C@H](C)NC(=O)Cc1ccc(OC)cc1. The lowest BCUT2D eigenvalue weighted by Crippen LogP contribution is -2.30. The second-order valence-corrected chi connectivity index (χ2v) is 8.79. The van der Waals surface area contributed by atoms with Crippen molar-refractivity contribution in [1.29, 1.82) is 0 Å². The van der Waals surface area contributed by atoms with Crippen LogP contribution in [0.2, 0.25) is 0 Å². The number of allylic oxidation sites excluding steroid dienone is 1. The Bertz CT molecular complexity index is 1160. The first-order valence-electron chi connectivity index (χ1n) is 11.5. The molecule has 0 unspecified atom stereocenters. The van der Waals surface area contributed by atoms with Crippen LogP contribution in [-0.4, -0.2) is 46.0 Å². The number of amides is 2. The van der Waals surface area contributed by atoms with Crippen LogP contribution in [0.25, 0.3) is 0 Å². The molecule has 3 aromatic rings. The fourth-order valence-electron chi connectivity index (χ4n) is 3.44. The molecule has 0 saturated carbocycles. The topological polar surface area (TPSA) is 107 Å². The van der Waals surface area contributed by atoms with Crippen molar-refractivity contribution in [3.05, 3.63) is 72.6 Å². The third-order valence-corrected chi connectivity index (χ3v) is 6.09. The van der Waals surface area contributed by atoms with Gasteiger partial charge in [-0.2, -0.15) is 0 Å². The third-order valence-electron chi connectivity index (χ3n) is 5.13. The summed E-state index contributed by atoms with van der Waals surface area (Å²) in [6.45, 7) is 8.61. The number of nitrogens with one attached hydrogen (secondary N) is 2. The average molecular weight is 510 g/mol.